The summed E-state index contributed by atoms with van der Waals surface area (Å²) in [5.41, 5.74) is 3.78. The molecule has 0 radical (unpaired) electrons. The van der Waals surface area contributed by atoms with Gasteiger partial charge in [0.05, 0.1) is 6.10 Å². The summed E-state index contributed by atoms with van der Waals surface area (Å²) in [5, 5.41) is 0. The molecule has 0 amide bonds. The summed E-state index contributed by atoms with van der Waals surface area (Å²) in [6.07, 6.45) is 3.65. The number of H-pyrrole nitrogens is 1. The molecule has 1 unspecified atom stereocenters. The third-order valence-corrected chi connectivity index (χ3v) is 2.54. The van der Waals surface area contributed by atoms with Crippen molar-refractivity contribution in [3.05, 3.63) is 48.0 Å². The van der Waals surface area contributed by atoms with Crippen LogP contribution in [-0.4, -0.2) is 16.1 Å². The Morgan fingerprint density at radius 2 is 2.00 bits per heavy atom. The Hall–Kier alpha value is -1.85. The van der Waals surface area contributed by atoms with Crippen LogP contribution in [-0.2, 0) is 0 Å². The van der Waals surface area contributed by atoms with Crippen molar-refractivity contribution in [2.75, 3.05) is 0 Å². The fourth-order valence-electron chi connectivity index (χ4n) is 1.78. The maximum Gasteiger partial charge on any atom is 0.129 e. The molecule has 5 nitrogen and oxygen atoms in total. The van der Waals surface area contributed by atoms with Gasteiger partial charge in [0.2, 0.25) is 0 Å². The molecule has 0 spiro atoms. The molecule has 4 N–H and O–H groups in total. The van der Waals surface area contributed by atoms with Gasteiger partial charge in [-0.2, -0.15) is 0 Å². The summed E-state index contributed by atoms with van der Waals surface area (Å²) >= 11 is 0. The number of nitrogens with one attached hydrogen (secondary N) is 2. The quantitative estimate of drug-likeness (QED) is 0.555. The molecule has 5 heteroatoms. The van der Waals surface area contributed by atoms with E-state index in [1.165, 1.54) is 0 Å². The second kappa shape index (κ2) is 5.66. The molecule has 0 saturated heterocycles. The Bertz CT molecular complexity index is 464. The standard InChI is InChI=1S/C13H18N4O/c1-9(2)18-11-5-3-10(4-6-11)12(17-14)13-15-7-8-16-13/h3-9,12,17H,14H2,1-2H3,(H,15,16). The Balaban J connectivity index is 2.17. The first kappa shape index (κ1) is 12.6. The van der Waals surface area contributed by atoms with Gasteiger partial charge in [-0.15, -0.1) is 0 Å². The topological polar surface area (TPSA) is 76.0 Å². The Labute approximate surface area is 106 Å². The molecule has 2 rings (SSSR count). The van der Waals surface area contributed by atoms with Crippen LogP contribution in [0.25, 0.3) is 0 Å². The lowest BCUT2D eigenvalue weighted by atomic mass is 10.1. The maximum absolute atomic E-state index is 5.60. The molecular weight excluding hydrogens is 228 g/mol. The number of benzene rings is 1. The Morgan fingerprint density at radius 1 is 1.28 bits per heavy atom. The van der Waals surface area contributed by atoms with Crippen LogP contribution in [0, 0.1) is 0 Å². The van der Waals surface area contributed by atoms with E-state index in [-0.39, 0.29) is 12.1 Å². The summed E-state index contributed by atoms with van der Waals surface area (Å²) < 4.78 is 5.60. The van der Waals surface area contributed by atoms with Gasteiger partial charge in [0.25, 0.3) is 0 Å². The van der Waals surface area contributed by atoms with Gasteiger partial charge in [0.15, 0.2) is 0 Å². The lowest BCUT2D eigenvalue weighted by molar-refractivity contribution is 0.242. The first-order valence-corrected chi connectivity index (χ1v) is 5.92. The van der Waals surface area contributed by atoms with Crippen molar-refractivity contribution in [1.82, 2.24) is 15.4 Å². The molecule has 1 atom stereocenters. The summed E-state index contributed by atoms with van der Waals surface area (Å²) in [5.74, 6) is 7.21. The zero-order valence-electron chi connectivity index (χ0n) is 10.6. The van der Waals surface area contributed by atoms with Gasteiger partial charge in [0.1, 0.15) is 17.6 Å². The highest BCUT2D eigenvalue weighted by Gasteiger charge is 2.14. The molecule has 1 aromatic carbocycles. The fourth-order valence-corrected chi connectivity index (χ4v) is 1.78. The van der Waals surface area contributed by atoms with Crippen LogP contribution in [0.5, 0.6) is 5.75 Å². The first-order valence-electron chi connectivity index (χ1n) is 5.92. The summed E-state index contributed by atoms with van der Waals surface area (Å²) in [4.78, 5) is 7.25. The smallest absolute Gasteiger partial charge is 0.129 e. The highest BCUT2D eigenvalue weighted by Crippen LogP contribution is 2.21. The van der Waals surface area contributed by atoms with Crippen molar-refractivity contribution in [1.29, 1.82) is 0 Å². The molecule has 0 aliphatic heterocycles. The van der Waals surface area contributed by atoms with Gasteiger partial charge in [-0.1, -0.05) is 12.1 Å². The van der Waals surface area contributed by atoms with E-state index in [0.29, 0.717) is 0 Å². The minimum atomic E-state index is -0.145. The van der Waals surface area contributed by atoms with Crippen LogP contribution in [0.3, 0.4) is 0 Å². The van der Waals surface area contributed by atoms with Crippen molar-refractivity contribution in [3.63, 3.8) is 0 Å². The van der Waals surface area contributed by atoms with Crippen LogP contribution in [0.2, 0.25) is 0 Å². The maximum atomic E-state index is 5.60. The van der Waals surface area contributed by atoms with Gasteiger partial charge in [0, 0.05) is 12.4 Å². The predicted octanol–water partition coefficient (Wildman–Crippen LogP) is 1.75. The van der Waals surface area contributed by atoms with Crippen molar-refractivity contribution in [2.24, 2.45) is 5.84 Å². The van der Waals surface area contributed by atoms with Crippen molar-refractivity contribution >= 4 is 0 Å². The third kappa shape index (κ3) is 2.88. The number of nitrogens with zero attached hydrogens (tertiary/aromatic N) is 1. The number of rotatable bonds is 5. The largest absolute Gasteiger partial charge is 0.491 e. The van der Waals surface area contributed by atoms with Crippen molar-refractivity contribution in [2.45, 2.75) is 26.0 Å². The predicted molar refractivity (Wildman–Crippen MR) is 70.0 cm³/mol. The molecule has 18 heavy (non-hydrogen) atoms. The lowest BCUT2D eigenvalue weighted by Gasteiger charge is -2.15. The minimum Gasteiger partial charge on any atom is -0.491 e. The first-order chi connectivity index (χ1) is 8.70. The molecule has 0 aliphatic rings. The molecule has 2 aromatic rings. The number of aromatic amines is 1. The average Bonchev–Trinajstić information content (AvgIpc) is 2.85. The van der Waals surface area contributed by atoms with E-state index in [2.05, 4.69) is 15.4 Å². The summed E-state index contributed by atoms with van der Waals surface area (Å²) in [7, 11) is 0. The normalized spacial score (nSPS) is 12.7. The van der Waals surface area contributed by atoms with Gasteiger partial charge in [-0.3, -0.25) is 5.84 Å². The SMILES string of the molecule is CC(C)Oc1ccc(C(NN)c2ncc[nH]2)cc1. The average molecular weight is 246 g/mol. The van der Waals surface area contributed by atoms with E-state index in [1.807, 2.05) is 38.1 Å². The van der Waals surface area contributed by atoms with Crippen molar-refractivity contribution in [3.8, 4) is 5.75 Å². The number of hydrogen-bond acceptors (Lipinski definition) is 4. The van der Waals surface area contributed by atoms with Crippen LogP contribution < -0.4 is 16.0 Å². The van der Waals surface area contributed by atoms with E-state index in [0.717, 1.165) is 17.1 Å². The molecule has 1 aromatic heterocycles. The third-order valence-electron chi connectivity index (χ3n) is 2.54. The van der Waals surface area contributed by atoms with Gasteiger partial charge in [-0.05, 0) is 31.5 Å². The van der Waals surface area contributed by atoms with E-state index >= 15 is 0 Å². The van der Waals surface area contributed by atoms with E-state index in [9.17, 15) is 0 Å². The van der Waals surface area contributed by atoms with Crippen LogP contribution in [0.4, 0.5) is 0 Å². The fraction of sp³-hybridized carbons (Fsp3) is 0.308. The number of nitrogens with two attached hydrogens (primary N) is 1. The van der Waals surface area contributed by atoms with E-state index in [4.69, 9.17) is 10.6 Å². The second-order valence-corrected chi connectivity index (χ2v) is 4.31. The number of imidazole rings is 1. The van der Waals surface area contributed by atoms with E-state index in [1.54, 1.807) is 12.4 Å². The van der Waals surface area contributed by atoms with Crippen molar-refractivity contribution < 1.29 is 4.74 Å². The summed E-state index contributed by atoms with van der Waals surface area (Å²) in [6.45, 7) is 4.00. The minimum absolute atomic E-state index is 0.145. The Morgan fingerprint density at radius 3 is 2.50 bits per heavy atom. The van der Waals surface area contributed by atoms with Crippen LogP contribution >= 0.6 is 0 Å². The van der Waals surface area contributed by atoms with Gasteiger partial charge >= 0.3 is 0 Å². The van der Waals surface area contributed by atoms with Crippen LogP contribution in [0.15, 0.2) is 36.7 Å². The second-order valence-electron chi connectivity index (χ2n) is 4.31. The number of hydrogen-bond donors (Lipinski definition) is 3. The number of hydrazine groups is 1. The zero-order valence-corrected chi connectivity index (χ0v) is 10.6. The molecule has 96 valence electrons. The van der Waals surface area contributed by atoms with Gasteiger partial charge < -0.3 is 9.72 Å². The molecule has 0 aliphatic carbocycles. The van der Waals surface area contributed by atoms with Gasteiger partial charge in [-0.25, -0.2) is 10.4 Å². The molecule has 0 fully saturated rings. The Kier molecular flexibility index (Phi) is 3.96. The molecule has 0 bridgehead atoms. The van der Waals surface area contributed by atoms with E-state index < -0.39 is 0 Å². The molecule has 1 heterocycles. The summed E-state index contributed by atoms with van der Waals surface area (Å²) in [6, 6.07) is 7.67. The number of ether oxygens (including phenoxy) is 1. The monoisotopic (exact) mass is 246 g/mol. The highest BCUT2D eigenvalue weighted by molar-refractivity contribution is 5.31. The number of aromatic nitrogens is 2. The zero-order chi connectivity index (χ0) is 13.0. The molecular formula is C13H18N4O. The molecule has 0 saturated carbocycles. The lowest BCUT2D eigenvalue weighted by Crippen LogP contribution is -2.29. The van der Waals surface area contributed by atoms with Crippen LogP contribution in [0.1, 0.15) is 31.3 Å². The highest BCUT2D eigenvalue weighted by atomic mass is 16.5.